The van der Waals surface area contributed by atoms with Crippen LogP contribution < -0.4 is 10.2 Å². The molecule has 0 aliphatic heterocycles. The maximum atomic E-state index is 12.7. The van der Waals surface area contributed by atoms with E-state index in [9.17, 15) is 28.1 Å². The van der Waals surface area contributed by atoms with E-state index in [-0.39, 0.29) is 24.7 Å². The summed E-state index contributed by atoms with van der Waals surface area (Å²) in [6, 6.07) is 2.27. The van der Waals surface area contributed by atoms with Gasteiger partial charge in [-0.05, 0) is 26.0 Å². The van der Waals surface area contributed by atoms with Gasteiger partial charge in [-0.1, -0.05) is 0 Å². The number of halogens is 3. The number of carbonyl (C=O) groups is 1. The zero-order valence-corrected chi connectivity index (χ0v) is 12.1. The summed E-state index contributed by atoms with van der Waals surface area (Å²) in [7, 11) is 0. The molecule has 1 aromatic carbocycles. The fraction of sp³-hybridized carbons (Fsp3) is 0.462. The number of benzene rings is 1. The van der Waals surface area contributed by atoms with Gasteiger partial charge < -0.3 is 10.2 Å². The summed E-state index contributed by atoms with van der Waals surface area (Å²) in [6.45, 7) is 3.83. The SMILES string of the molecule is CCNC(=O)CN(CC)c1ccc(C(F)(F)F)cc1[N+](=O)[O-]. The highest BCUT2D eigenvalue weighted by Gasteiger charge is 2.33. The molecule has 6 nitrogen and oxygen atoms in total. The van der Waals surface area contributed by atoms with E-state index in [2.05, 4.69) is 5.32 Å². The molecular weight excluding hydrogens is 303 g/mol. The number of likely N-dealkylation sites (N-methyl/N-ethyl adjacent to an activating group) is 2. The molecule has 0 fully saturated rings. The molecule has 0 aromatic heterocycles. The van der Waals surface area contributed by atoms with Gasteiger partial charge in [-0.25, -0.2) is 0 Å². The average Bonchev–Trinajstić information content (AvgIpc) is 2.43. The van der Waals surface area contributed by atoms with Crippen LogP contribution >= 0.6 is 0 Å². The van der Waals surface area contributed by atoms with Crippen molar-refractivity contribution in [2.75, 3.05) is 24.5 Å². The molecule has 0 saturated heterocycles. The Kier molecular flexibility index (Phi) is 5.72. The van der Waals surface area contributed by atoms with Gasteiger partial charge >= 0.3 is 6.18 Å². The summed E-state index contributed by atoms with van der Waals surface area (Å²) >= 11 is 0. The van der Waals surface area contributed by atoms with Gasteiger partial charge in [-0.15, -0.1) is 0 Å². The predicted octanol–water partition coefficient (Wildman–Crippen LogP) is 2.58. The van der Waals surface area contributed by atoms with Crippen molar-refractivity contribution in [2.24, 2.45) is 0 Å². The molecule has 0 saturated carbocycles. The van der Waals surface area contributed by atoms with Gasteiger partial charge in [0.25, 0.3) is 5.69 Å². The largest absolute Gasteiger partial charge is 0.416 e. The van der Waals surface area contributed by atoms with E-state index in [1.54, 1.807) is 13.8 Å². The number of amides is 1. The molecule has 1 amide bonds. The van der Waals surface area contributed by atoms with Crippen LogP contribution in [0.3, 0.4) is 0 Å². The summed E-state index contributed by atoms with van der Waals surface area (Å²) in [5.41, 5.74) is -1.80. The molecule has 0 spiro atoms. The van der Waals surface area contributed by atoms with Crippen LogP contribution in [0.1, 0.15) is 19.4 Å². The Morgan fingerprint density at radius 2 is 2.00 bits per heavy atom. The zero-order chi connectivity index (χ0) is 16.9. The van der Waals surface area contributed by atoms with Crippen molar-refractivity contribution >= 4 is 17.3 Å². The molecule has 9 heteroatoms. The fourth-order valence-corrected chi connectivity index (χ4v) is 1.91. The minimum atomic E-state index is -4.67. The number of hydrogen-bond acceptors (Lipinski definition) is 4. The van der Waals surface area contributed by atoms with E-state index in [0.717, 1.165) is 12.1 Å². The van der Waals surface area contributed by atoms with Crippen LogP contribution in [0.25, 0.3) is 0 Å². The molecule has 0 heterocycles. The van der Waals surface area contributed by atoms with E-state index in [4.69, 9.17) is 0 Å². The van der Waals surface area contributed by atoms with Crippen molar-refractivity contribution in [1.29, 1.82) is 0 Å². The third-order valence-electron chi connectivity index (χ3n) is 2.93. The van der Waals surface area contributed by atoms with Gasteiger partial charge in [-0.3, -0.25) is 14.9 Å². The molecule has 22 heavy (non-hydrogen) atoms. The maximum Gasteiger partial charge on any atom is 0.416 e. The van der Waals surface area contributed by atoms with Gasteiger partial charge in [0.05, 0.1) is 17.0 Å². The lowest BCUT2D eigenvalue weighted by molar-refractivity contribution is -0.384. The third-order valence-corrected chi connectivity index (χ3v) is 2.93. The molecule has 1 aromatic rings. The van der Waals surface area contributed by atoms with Crippen molar-refractivity contribution in [3.63, 3.8) is 0 Å². The highest BCUT2D eigenvalue weighted by molar-refractivity contribution is 5.82. The van der Waals surface area contributed by atoms with Crippen LogP contribution in [-0.2, 0) is 11.0 Å². The quantitative estimate of drug-likeness (QED) is 0.646. The summed E-state index contributed by atoms with van der Waals surface area (Å²) < 4.78 is 38.0. The second-order valence-corrected chi connectivity index (χ2v) is 4.43. The number of rotatable bonds is 6. The number of nitro groups is 1. The minimum Gasteiger partial charge on any atom is -0.357 e. The van der Waals surface area contributed by atoms with Gasteiger partial charge in [0.1, 0.15) is 5.69 Å². The predicted molar refractivity (Wildman–Crippen MR) is 74.7 cm³/mol. The van der Waals surface area contributed by atoms with Crippen LogP contribution in [0.5, 0.6) is 0 Å². The molecule has 0 radical (unpaired) electrons. The molecule has 0 atom stereocenters. The first kappa shape index (κ1) is 17.7. The van der Waals surface area contributed by atoms with Gasteiger partial charge in [-0.2, -0.15) is 13.2 Å². The van der Waals surface area contributed by atoms with E-state index in [1.165, 1.54) is 4.90 Å². The lowest BCUT2D eigenvalue weighted by atomic mass is 10.1. The maximum absolute atomic E-state index is 12.7. The first-order valence-electron chi connectivity index (χ1n) is 6.58. The molecule has 0 aliphatic carbocycles. The summed E-state index contributed by atoms with van der Waals surface area (Å²) in [5, 5.41) is 13.6. The van der Waals surface area contributed by atoms with Crippen LogP contribution in [0.2, 0.25) is 0 Å². The number of nitro benzene ring substituents is 1. The summed E-state index contributed by atoms with van der Waals surface area (Å²) in [6.07, 6.45) is -4.67. The molecule has 0 aliphatic rings. The Balaban J connectivity index is 3.21. The van der Waals surface area contributed by atoms with Gasteiger partial charge in [0, 0.05) is 19.2 Å². The standard InChI is InChI=1S/C13H16F3N3O3/c1-3-17-12(20)8-18(4-2)10-6-5-9(13(14,15)16)7-11(10)19(21)22/h5-7H,3-4,8H2,1-2H3,(H,17,20). The Labute approximate surface area is 125 Å². The summed E-state index contributed by atoms with van der Waals surface area (Å²) in [5.74, 6) is -0.362. The second-order valence-electron chi connectivity index (χ2n) is 4.43. The molecule has 0 bridgehead atoms. The average molecular weight is 319 g/mol. The monoisotopic (exact) mass is 319 g/mol. The van der Waals surface area contributed by atoms with Crippen molar-refractivity contribution < 1.29 is 22.9 Å². The second kappa shape index (κ2) is 7.10. The smallest absolute Gasteiger partial charge is 0.357 e. The van der Waals surface area contributed by atoms with E-state index < -0.39 is 22.4 Å². The van der Waals surface area contributed by atoms with Crippen LogP contribution in [0.15, 0.2) is 18.2 Å². The highest BCUT2D eigenvalue weighted by atomic mass is 19.4. The number of hydrogen-bond donors (Lipinski definition) is 1. The molecule has 122 valence electrons. The number of carbonyl (C=O) groups excluding carboxylic acids is 1. The first-order chi connectivity index (χ1) is 10.2. The fourth-order valence-electron chi connectivity index (χ4n) is 1.91. The van der Waals surface area contributed by atoms with Crippen molar-refractivity contribution in [1.82, 2.24) is 5.32 Å². The normalized spacial score (nSPS) is 11.1. The highest BCUT2D eigenvalue weighted by Crippen LogP contribution is 2.36. The van der Waals surface area contributed by atoms with E-state index in [1.807, 2.05) is 0 Å². The Hall–Kier alpha value is -2.32. The van der Waals surface area contributed by atoms with Crippen LogP contribution in [0.4, 0.5) is 24.5 Å². The zero-order valence-electron chi connectivity index (χ0n) is 12.1. The van der Waals surface area contributed by atoms with Crippen molar-refractivity contribution in [3.05, 3.63) is 33.9 Å². The van der Waals surface area contributed by atoms with Crippen LogP contribution in [0, 0.1) is 10.1 Å². The van der Waals surface area contributed by atoms with Gasteiger partial charge in [0.15, 0.2) is 0 Å². The van der Waals surface area contributed by atoms with Crippen molar-refractivity contribution in [2.45, 2.75) is 20.0 Å². The summed E-state index contributed by atoms with van der Waals surface area (Å²) in [4.78, 5) is 23.1. The molecule has 1 N–H and O–H groups in total. The number of alkyl halides is 3. The number of nitrogens with zero attached hydrogens (tertiary/aromatic N) is 2. The Bertz CT molecular complexity index is 561. The Morgan fingerprint density at radius 3 is 2.45 bits per heavy atom. The minimum absolute atomic E-state index is 0.0215. The van der Waals surface area contributed by atoms with Gasteiger partial charge in [0.2, 0.25) is 5.91 Å². The molecular formula is C13H16F3N3O3. The van der Waals surface area contributed by atoms with E-state index in [0.29, 0.717) is 12.6 Å². The Morgan fingerprint density at radius 1 is 1.36 bits per heavy atom. The van der Waals surface area contributed by atoms with E-state index >= 15 is 0 Å². The molecule has 1 rings (SSSR count). The lowest BCUT2D eigenvalue weighted by Crippen LogP contribution is -2.37. The van der Waals surface area contributed by atoms with Crippen molar-refractivity contribution in [3.8, 4) is 0 Å². The first-order valence-corrected chi connectivity index (χ1v) is 6.58. The number of nitrogens with one attached hydrogen (secondary N) is 1. The topological polar surface area (TPSA) is 75.5 Å². The third kappa shape index (κ3) is 4.34. The number of anilines is 1. The molecule has 0 unspecified atom stereocenters. The lowest BCUT2D eigenvalue weighted by Gasteiger charge is -2.22. The van der Waals surface area contributed by atoms with Crippen LogP contribution in [-0.4, -0.2) is 30.5 Å².